The van der Waals surface area contributed by atoms with Crippen LogP contribution in [-0.4, -0.2) is 29.4 Å². The first kappa shape index (κ1) is 19.1. The molecule has 6 nitrogen and oxygen atoms in total. The molecule has 0 aliphatic heterocycles. The quantitative estimate of drug-likeness (QED) is 0.481. The lowest BCUT2D eigenvalue weighted by atomic mass is 10.1. The molecule has 23 heavy (non-hydrogen) atoms. The summed E-state index contributed by atoms with van der Waals surface area (Å²) in [6.45, 7) is 2.65. The lowest BCUT2D eigenvalue weighted by molar-refractivity contribution is -0.139. The van der Waals surface area contributed by atoms with Crippen molar-refractivity contribution in [1.29, 1.82) is 0 Å². The lowest BCUT2D eigenvalue weighted by Crippen LogP contribution is -2.43. The summed E-state index contributed by atoms with van der Waals surface area (Å²) in [6.07, 6.45) is 8.48. The first-order chi connectivity index (χ1) is 11.2. The van der Waals surface area contributed by atoms with Crippen LogP contribution in [0.4, 0.5) is 0 Å². The monoisotopic (exact) mass is 321 g/mol. The molecule has 3 N–H and O–H groups in total. The molecular weight excluding hydrogens is 294 g/mol. The number of esters is 1. The summed E-state index contributed by atoms with van der Waals surface area (Å²) < 4.78 is 5.29. The fraction of sp³-hybridized carbons (Fsp3) is 0.588. The van der Waals surface area contributed by atoms with Gasteiger partial charge in [0.2, 0.25) is 5.91 Å². The molecule has 0 fully saturated rings. The first-order valence-corrected chi connectivity index (χ1v) is 8.28. The molecule has 1 atom stereocenters. The number of hydrogen-bond donors (Lipinski definition) is 2. The maximum Gasteiger partial charge on any atom is 0.334 e. The van der Waals surface area contributed by atoms with Gasteiger partial charge in [-0.05, 0) is 44.4 Å². The zero-order valence-corrected chi connectivity index (χ0v) is 13.8. The van der Waals surface area contributed by atoms with Crippen LogP contribution in [0.2, 0.25) is 0 Å². The Kier molecular flexibility index (Phi) is 9.63. The van der Waals surface area contributed by atoms with Gasteiger partial charge < -0.3 is 15.8 Å². The standard InChI is InChI=1S/C17H27N3O3/c1-2-3-4-10-16(21)20-15(9-5-6-11-18)17(22)23-14-8-7-12-19-13-14/h7-8,12-13,15H,2-6,9-11,18H2,1H3,(H,20,21)/t15-/m0/s1. The average Bonchev–Trinajstić information content (AvgIpc) is 2.55. The highest BCUT2D eigenvalue weighted by Gasteiger charge is 2.22. The summed E-state index contributed by atoms with van der Waals surface area (Å²) in [5.41, 5.74) is 5.48. The number of hydrogen-bond acceptors (Lipinski definition) is 5. The fourth-order valence-corrected chi connectivity index (χ4v) is 2.14. The molecule has 0 aliphatic rings. The van der Waals surface area contributed by atoms with Crippen LogP contribution in [0.15, 0.2) is 24.5 Å². The van der Waals surface area contributed by atoms with E-state index in [9.17, 15) is 9.59 Å². The summed E-state index contributed by atoms with van der Waals surface area (Å²) in [7, 11) is 0. The molecule has 0 unspecified atom stereocenters. The molecule has 6 heteroatoms. The molecule has 0 aromatic carbocycles. The number of carbonyl (C=O) groups is 2. The van der Waals surface area contributed by atoms with E-state index in [2.05, 4.69) is 17.2 Å². The summed E-state index contributed by atoms with van der Waals surface area (Å²) in [6, 6.07) is 2.70. The zero-order chi connectivity index (χ0) is 16.9. The van der Waals surface area contributed by atoms with Crippen molar-refractivity contribution in [2.75, 3.05) is 6.54 Å². The van der Waals surface area contributed by atoms with E-state index in [1.54, 1.807) is 18.3 Å². The molecule has 1 aromatic heterocycles. The van der Waals surface area contributed by atoms with E-state index >= 15 is 0 Å². The van der Waals surface area contributed by atoms with Crippen LogP contribution >= 0.6 is 0 Å². The van der Waals surface area contributed by atoms with Crippen LogP contribution in [0.3, 0.4) is 0 Å². The van der Waals surface area contributed by atoms with Gasteiger partial charge in [-0.3, -0.25) is 9.78 Å². The van der Waals surface area contributed by atoms with Gasteiger partial charge in [0, 0.05) is 12.6 Å². The molecule has 1 heterocycles. The number of nitrogens with two attached hydrogens (primary N) is 1. The van der Waals surface area contributed by atoms with E-state index in [-0.39, 0.29) is 5.91 Å². The second-order valence-electron chi connectivity index (χ2n) is 5.47. The summed E-state index contributed by atoms with van der Waals surface area (Å²) >= 11 is 0. The molecule has 0 bridgehead atoms. The molecule has 128 valence electrons. The van der Waals surface area contributed by atoms with Gasteiger partial charge in [0.05, 0.1) is 6.20 Å². The molecule has 0 saturated heterocycles. The largest absolute Gasteiger partial charge is 0.423 e. The molecule has 0 aliphatic carbocycles. The van der Waals surface area contributed by atoms with Crippen molar-refractivity contribution < 1.29 is 14.3 Å². The maximum absolute atomic E-state index is 12.3. The van der Waals surface area contributed by atoms with Crippen molar-refractivity contribution in [1.82, 2.24) is 10.3 Å². The maximum atomic E-state index is 12.3. The molecule has 0 spiro atoms. The number of ether oxygens (including phenoxy) is 1. The molecule has 0 radical (unpaired) electrons. The van der Waals surface area contributed by atoms with Crippen molar-refractivity contribution in [3.63, 3.8) is 0 Å². The van der Waals surface area contributed by atoms with Gasteiger partial charge in [-0.2, -0.15) is 0 Å². The minimum Gasteiger partial charge on any atom is -0.423 e. The Hall–Kier alpha value is -1.95. The summed E-state index contributed by atoms with van der Waals surface area (Å²) in [4.78, 5) is 28.1. The summed E-state index contributed by atoms with van der Waals surface area (Å²) in [5.74, 6) is -0.195. The smallest absolute Gasteiger partial charge is 0.334 e. The Morgan fingerprint density at radius 1 is 1.30 bits per heavy atom. The molecule has 0 saturated carbocycles. The van der Waals surface area contributed by atoms with Crippen LogP contribution in [0.1, 0.15) is 51.9 Å². The second-order valence-corrected chi connectivity index (χ2v) is 5.47. The molecular formula is C17H27N3O3. The number of unbranched alkanes of at least 4 members (excludes halogenated alkanes) is 3. The third-order valence-corrected chi connectivity index (χ3v) is 3.43. The minimum atomic E-state index is -0.643. The number of rotatable bonds is 11. The summed E-state index contributed by atoms with van der Waals surface area (Å²) in [5, 5.41) is 2.78. The predicted molar refractivity (Wildman–Crippen MR) is 88.9 cm³/mol. The molecule has 1 rings (SSSR count). The van der Waals surface area contributed by atoms with Gasteiger partial charge in [0.15, 0.2) is 0 Å². The third-order valence-electron chi connectivity index (χ3n) is 3.43. The number of nitrogens with one attached hydrogen (secondary N) is 1. The van der Waals surface area contributed by atoms with Crippen LogP contribution < -0.4 is 15.8 Å². The Morgan fingerprint density at radius 2 is 2.13 bits per heavy atom. The normalized spacial score (nSPS) is 11.7. The SMILES string of the molecule is CCCCCC(=O)N[C@@H](CCCCN)C(=O)Oc1cccnc1. The topological polar surface area (TPSA) is 94.3 Å². The minimum absolute atomic E-state index is 0.112. The second kappa shape index (κ2) is 11.6. The Bertz CT molecular complexity index is 465. The Morgan fingerprint density at radius 3 is 2.78 bits per heavy atom. The number of nitrogens with zero attached hydrogens (tertiary/aromatic N) is 1. The van der Waals surface area contributed by atoms with Gasteiger partial charge in [0.1, 0.15) is 11.8 Å². The van der Waals surface area contributed by atoms with Crippen LogP contribution in [-0.2, 0) is 9.59 Å². The van der Waals surface area contributed by atoms with Crippen LogP contribution in [0.25, 0.3) is 0 Å². The molecule has 1 amide bonds. The fourth-order valence-electron chi connectivity index (χ4n) is 2.14. The van der Waals surface area contributed by atoms with Crippen LogP contribution in [0.5, 0.6) is 5.75 Å². The third kappa shape index (κ3) is 8.30. The van der Waals surface area contributed by atoms with E-state index in [4.69, 9.17) is 10.5 Å². The van der Waals surface area contributed by atoms with Gasteiger partial charge in [-0.15, -0.1) is 0 Å². The van der Waals surface area contributed by atoms with Gasteiger partial charge in [0.25, 0.3) is 0 Å². The van der Waals surface area contributed by atoms with E-state index in [0.717, 1.165) is 32.1 Å². The van der Waals surface area contributed by atoms with E-state index in [1.165, 1.54) is 6.20 Å². The highest BCUT2D eigenvalue weighted by Crippen LogP contribution is 2.10. The highest BCUT2D eigenvalue weighted by atomic mass is 16.5. The van der Waals surface area contributed by atoms with E-state index < -0.39 is 12.0 Å². The van der Waals surface area contributed by atoms with Crippen molar-refractivity contribution in [2.45, 2.75) is 57.9 Å². The van der Waals surface area contributed by atoms with Gasteiger partial charge in [-0.25, -0.2) is 4.79 Å². The van der Waals surface area contributed by atoms with Crippen molar-refractivity contribution in [3.8, 4) is 5.75 Å². The van der Waals surface area contributed by atoms with Crippen LogP contribution in [0, 0.1) is 0 Å². The Balaban J connectivity index is 2.55. The number of aromatic nitrogens is 1. The van der Waals surface area contributed by atoms with Gasteiger partial charge in [-0.1, -0.05) is 19.8 Å². The first-order valence-electron chi connectivity index (χ1n) is 8.28. The van der Waals surface area contributed by atoms with Crippen molar-refractivity contribution in [3.05, 3.63) is 24.5 Å². The van der Waals surface area contributed by atoms with Crippen molar-refractivity contribution >= 4 is 11.9 Å². The highest BCUT2D eigenvalue weighted by molar-refractivity contribution is 5.85. The number of amides is 1. The lowest BCUT2D eigenvalue weighted by Gasteiger charge is -2.17. The Labute approximate surface area is 137 Å². The zero-order valence-electron chi connectivity index (χ0n) is 13.8. The van der Waals surface area contributed by atoms with E-state index in [1.807, 2.05) is 0 Å². The number of carbonyl (C=O) groups excluding carboxylic acids is 2. The average molecular weight is 321 g/mol. The number of pyridine rings is 1. The predicted octanol–water partition coefficient (Wildman–Crippen LogP) is 2.18. The molecule has 1 aromatic rings. The van der Waals surface area contributed by atoms with E-state index in [0.29, 0.717) is 25.1 Å². The van der Waals surface area contributed by atoms with Gasteiger partial charge >= 0.3 is 5.97 Å². The van der Waals surface area contributed by atoms with Crippen molar-refractivity contribution in [2.24, 2.45) is 5.73 Å².